The first-order chi connectivity index (χ1) is 14.7. The van der Waals surface area contributed by atoms with E-state index in [2.05, 4.69) is 20.6 Å². The van der Waals surface area contributed by atoms with Crippen LogP contribution < -0.4 is 10.6 Å². The molecule has 0 saturated carbocycles. The van der Waals surface area contributed by atoms with Gasteiger partial charge in [-0.2, -0.15) is 13.2 Å². The van der Waals surface area contributed by atoms with Crippen LogP contribution in [0.4, 0.5) is 30.2 Å². The van der Waals surface area contributed by atoms with Crippen LogP contribution in [0.3, 0.4) is 0 Å². The SMILES string of the molecule is Cc1cccc(Nc2cc(NC(=O)c3ccccc3C(F)(F)F)cc3[nH]cnc23)c1C. The number of carbonyl (C=O) groups excluding carboxylic acids is 1. The van der Waals surface area contributed by atoms with Gasteiger partial charge in [0, 0.05) is 11.4 Å². The number of amides is 1. The number of benzene rings is 3. The molecule has 5 nitrogen and oxygen atoms in total. The van der Waals surface area contributed by atoms with Crippen molar-refractivity contribution in [2.75, 3.05) is 10.6 Å². The Balaban J connectivity index is 1.70. The van der Waals surface area contributed by atoms with Gasteiger partial charge in [-0.3, -0.25) is 4.79 Å². The molecule has 31 heavy (non-hydrogen) atoms. The molecular formula is C23H19F3N4O. The zero-order valence-electron chi connectivity index (χ0n) is 16.8. The number of anilines is 3. The number of aromatic nitrogens is 2. The van der Waals surface area contributed by atoms with E-state index in [1.807, 2.05) is 32.0 Å². The summed E-state index contributed by atoms with van der Waals surface area (Å²) >= 11 is 0. The van der Waals surface area contributed by atoms with Gasteiger partial charge in [0.1, 0.15) is 5.52 Å². The van der Waals surface area contributed by atoms with E-state index in [-0.39, 0.29) is 0 Å². The summed E-state index contributed by atoms with van der Waals surface area (Å²) in [7, 11) is 0. The van der Waals surface area contributed by atoms with E-state index in [0.29, 0.717) is 22.4 Å². The van der Waals surface area contributed by atoms with Crippen molar-refractivity contribution in [2.45, 2.75) is 20.0 Å². The van der Waals surface area contributed by atoms with Crippen LogP contribution in [0.15, 0.2) is 60.9 Å². The Labute approximate surface area is 176 Å². The maximum absolute atomic E-state index is 13.3. The predicted octanol–water partition coefficient (Wildman–Crippen LogP) is 6.19. The first-order valence-electron chi connectivity index (χ1n) is 9.52. The second-order valence-corrected chi connectivity index (χ2v) is 7.19. The highest BCUT2D eigenvalue weighted by molar-refractivity contribution is 6.07. The molecule has 4 aromatic rings. The lowest BCUT2D eigenvalue weighted by atomic mass is 10.1. The van der Waals surface area contributed by atoms with Crippen molar-refractivity contribution in [3.63, 3.8) is 0 Å². The molecule has 0 spiro atoms. The largest absolute Gasteiger partial charge is 0.417 e. The average molecular weight is 424 g/mol. The van der Waals surface area contributed by atoms with Crippen molar-refractivity contribution in [2.24, 2.45) is 0 Å². The minimum atomic E-state index is -4.63. The van der Waals surface area contributed by atoms with E-state index in [1.165, 1.54) is 18.5 Å². The Morgan fingerprint density at radius 1 is 1.00 bits per heavy atom. The second-order valence-electron chi connectivity index (χ2n) is 7.19. The number of aryl methyl sites for hydroxylation is 1. The fourth-order valence-electron chi connectivity index (χ4n) is 3.38. The predicted molar refractivity (Wildman–Crippen MR) is 115 cm³/mol. The molecule has 1 amide bonds. The van der Waals surface area contributed by atoms with Crippen molar-refractivity contribution >= 4 is 34.0 Å². The van der Waals surface area contributed by atoms with Gasteiger partial charge in [-0.15, -0.1) is 0 Å². The molecule has 8 heteroatoms. The third kappa shape index (κ3) is 4.09. The Kier molecular flexibility index (Phi) is 5.14. The molecule has 3 aromatic carbocycles. The molecule has 1 heterocycles. The van der Waals surface area contributed by atoms with E-state index in [1.54, 1.807) is 12.1 Å². The molecule has 0 radical (unpaired) electrons. The number of H-pyrrole nitrogens is 1. The summed E-state index contributed by atoms with van der Waals surface area (Å²) in [6.45, 7) is 3.98. The van der Waals surface area contributed by atoms with Crippen LogP contribution in [0.2, 0.25) is 0 Å². The third-order valence-electron chi connectivity index (χ3n) is 5.13. The number of fused-ring (bicyclic) bond motifs is 1. The molecule has 0 aliphatic heterocycles. The fourth-order valence-corrected chi connectivity index (χ4v) is 3.38. The van der Waals surface area contributed by atoms with Crippen LogP contribution >= 0.6 is 0 Å². The highest BCUT2D eigenvalue weighted by atomic mass is 19.4. The second kappa shape index (κ2) is 7.79. The lowest BCUT2D eigenvalue weighted by Gasteiger charge is -2.15. The molecule has 0 saturated heterocycles. The summed E-state index contributed by atoms with van der Waals surface area (Å²) in [5.74, 6) is -0.843. The van der Waals surface area contributed by atoms with Gasteiger partial charge in [-0.1, -0.05) is 24.3 Å². The summed E-state index contributed by atoms with van der Waals surface area (Å²) in [5.41, 5.74) is 3.85. The molecule has 0 aliphatic carbocycles. The Bertz CT molecular complexity index is 1280. The smallest absolute Gasteiger partial charge is 0.353 e. The molecule has 0 bridgehead atoms. The molecule has 1 aromatic heterocycles. The van der Waals surface area contributed by atoms with Crippen LogP contribution in [-0.4, -0.2) is 15.9 Å². The lowest BCUT2D eigenvalue weighted by molar-refractivity contribution is -0.137. The van der Waals surface area contributed by atoms with Gasteiger partial charge in [0.2, 0.25) is 0 Å². The van der Waals surface area contributed by atoms with Gasteiger partial charge >= 0.3 is 6.18 Å². The summed E-state index contributed by atoms with van der Waals surface area (Å²) in [5, 5.41) is 5.90. The van der Waals surface area contributed by atoms with Crippen molar-refractivity contribution in [1.29, 1.82) is 0 Å². The Morgan fingerprint density at radius 3 is 2.55 bits per heavy atom. The van der Waals surface area contributed by atoms with E-state index in [4.69, 9.17) is 0 Å². The molecule has 4 rings (SSSR count). The number of alkyl halides is 3. The number of rotatable bonds is 4. The van der Waals surface area contributed by atoms with Crippen LogP contribution in [0, 0.1) is 13.8 Å². The van der Waals surface area contributed by atoms with E-state index in [0.717, 1.165) is 28.9 Å². The monoisotopic (exact) mass is 424 g/mol. The van der Waals surface area contributed by atoms with Crippen LogP contribution in [0.25, 0.3) is 11.0 Å². The summed E-state index contributed by atoms with van der Waals surface area (Å²) in [6.07, 6.45) is -3.11. The first-order valence-corrected chi connectivity index (χ1v) is 9.52. The minimum Gasteiger partial charge on any atom is -0.353 e. The van der Waals surface area contributed by atoms with Crippen molar-refractivity contribution in [3.8, 4) is 0 Å². The van der Waals surface area contributed by atoms with Crippen molar-refractivity contribution in [1.82, 2.24) is 9.97 Å². The number of hydrogen-bond donors (Lipinski definition) is 3. The molecule has 0 fully saturated rings. The van der Waals surface area contributed by atoms with Crippen LogP contribution in [-0.2, 0) is 6.18 Å². The number of carbonyl (C=O) groups is 1. The maximum Gasteiger partial charge on any atom is 0.417 e. The van der Waals surface area contributed by atoms with E-state index >= 15 is 0 Å². The average Bonchev–Trinajstić information content (AvgIpc) is 3.19. The Hall–Kier alpha value is -3.81. The number of nitrogens with one attached hydrogen (secondary N) is 3. The normalized spacial score (nSPS) is 11.5. The topological polar surface area (TPSA) is 69.8 Å². The van der Waals surface area contributed by atoms with Gasteiger partial charge in [-0.25, -0.2) is 4.98 Å². The molecule has 158 valence electrons. The van der Waals surface area contributed by atoms with Crippen molar-refractivity contribution < 1.29 is 18.0 Å². The zero-order valence-corrected chi connectivity index (χ0v) is 16.8. The summed E-state index contributed by atoms with van der Waals surface area (Å²) in [6, 6.07) is 13.8. The maximum atomic E-state index is 13.3. The highest BCUT2D eigenvalue weighted by Crippen LogP contribution is 2.33. The zero-order chi connectivity index (χ0) is 22.2. The quantitative estimate of drug-likeness (QED) is 0.366. The number of nitrogens with zero attached hydrogens (tertiary/aromatic N) is 1. The van der Waals surface area contributed by atoms with E-state index in [9.17, 15) is 18.0 Å². The van der Waals surface area contributed by atoms with Gasteiger partial charge in [0.25, 0.3) is 5.91 Å². The molecular weight excluding hydrogens is 405 g/mol. The number of aromatic amines is 1. The van der Waals surface area contributed by atoms with Gasteiger partial charge < -0.3 is 15.6 Å². The number of halogens is 3. The van der Waals surface area contributed by atoms with E-state index < -0.39 is 23.2 Å². The lowest BCUT2D eigenvalue weighted by Crippen LogP contribution is -2.18. The van der Waals surface area contributed by atoms with Crippen LogP contribution in [0.1, 0.15) is 27.0 Å². The minimum absolute atomic E-state index is 0.339. The molecule has 0 unspecified atom stereocenters. The van der Waals surface area contributed by atoms with Gasteiger partial charge in [-0.05, 0) is 55.3 Å². The molecule has 3 N–H and O–H groups in total. The molecule has 0 atom stereocenters. The summed E-state index contributed by atoms with van der Waals surface area (Å²) < 4.78 is 39.9. The number of imidazole rings is 1. The van der Waals surface area contributed by atoms with Gasteiger partial charge in [0.05, 0.1) is 28.7 Å². The third-order valence-corrected chi connectivity index (χ3v) is 5.13. The molecule has 0 aliphatic rings. The first kappa shape index (κ1) is 20.5. The number of hydrogen-bond acceptors (Lipinski definition) is 3. The van der Waals surface area contributed by atoms with Crippen LogP contribution in [0.5, 0.6) is 0 Å². The standard InChI is InChI=1S/C23H19F3N4O/c1-13-6-5-9-18(14(13)2)30-20-11-15(10-19-21(20)28-12-27-19)29-22(31)16-7-3-4-8-17(16)23(24,25)26/h3-12,30H,1-2H3,(H,27,28)(H,29,31). The highest BCUT2D eigenvalue weighted by Gasteiger charge is 2.34. The summed E-state index contributed by atoms with van der Waals surface area (Å²) in [4.78, 5) is 20.0. The van der Waals surface area contributed by atoms with Crippen molar-refractivity contribution in [3.05, 3.63) is 83.2 Å². The Morgan fingerprint density at radius 2 is 1.77 bits per heavy atom. The fraction of sp³-hybridized carbons (Fsp3) is 0.130. The van der Waals surface area contributed by atoms with Gasteiger partial charge in [0.15, 0.2) is 0 Å².